The summed E-state index contributed by atoms with van der Waals surface area (Å²) in [6.07, 6.45) is -0.270. The van der Waals surface area contributed by atoms with Crippen LogP contribution in [-0.4, -0.2) is 37.2 Å². The maximum atomic E-state index is 11.0. The Morgan fingerprint density at radius 1 is 1.29 bits per heavy atom. The first-order valence-corrected chi connectivity index (χ1v) is 4.27. The van der Waals surface area contributed by atoms with Crippen LogP contribution in [0.1, 0.15) is 6.42 Å². The molecule has 1 amide bonds. The molecule has 0 saturated carbocycles. The van der Waals surface area contributed by atoms with Crippen LogP contribution >= 0.6 is 0 Å². The van der Waals surface area contributed by atoms with Gasteiger partial charge in [0.1, 0.15) is 6.42 Å². The number of nitrogens with zero attached hydrogens (tertiary/aromatic N) is 3. The van der Waals surface area contributed by atoms with E-state index in [-0.39, 0.29) is 17.6 Å². The maximum absolute atomic E-state index is 11.0. The number of hydrogen-bond acceptors (Lipinski definition) is 8. The number of nitrogens with one attached hydrogen (secondary N) is 3. The Labute approximate surface area is 91.7 Å². The van der Waals surface area contributed by atoms with Gasteiger partial charge >= 0.3 is 17.4 Å². The predicted molar refractivity (Wildman–Crippen MR) is 49.9 cm³/mol. The average molecular weight is 242 g/mol. The van der Waals surface area contributed by atoms with E-state index >= 15 is 0 Å². The minimum Gasteiger partial charge on any atom is -0.408 e. The fourth-order valence-corrected chi connectivity index (χ4v) is 1.04. The van der Waals surface area contributed by atoms with Crippen molar-refractivity contribution in [2.24, 2.45) is 5.10 Å². The molecule has 11 heteroatoms. The number of rotatable bonds is 1. The standard InChI is InChI=1S/C6H6N6O5/c13-2-1-3(11-12(16)10-2)17-6-8-4(14)7-5(15)9-6/h16H,1H2,(H,10,13)(H2,7,8,9,14,15). The van der Waals surface area contributed by atoms with Crippen molar-refractivity contribution >= 4 is 11.8 Å². The molecule has 1 aromatic heterocycles. The summed E-state index contributed by atoms with van der Waals surface area (Å²) in [5, 5.41) is 12.4. The molecule has 2 heterocycles. The number of hydrogen-bond donors (Lipinski definition) is 4. The Balaban J connectivity index is 2.23. The molecule has 1 aliphatic rings. The Morgan fingerprint density at radius 2 is 2.06 bits per heavy atom. The lowest BCUT2D eigenvalue weighted by molar-refractivity contribution is -0.164. The highest BCUT2D eigenvalue weighted by Crippen LogP contribution is 2.02. The Kier molecular flexibility index (Phi) is 2.58. The monoisotopic (exact) mass is 242 g/mol. The third kappa shape index (κ3) is 2.66. The minimum absolute atomic E-state index is 0.145. The largest absolute Gasteiger partial charge is 0.408 e. The highest BCUT2D eigenvalue weighted by molar-refractivity contribution is 5.98. The van der Waals surface area contributed by atoms with E-state index in [2.05, 4.69) is 15.1 Å². The van der Waals surface area contributed by atoms with Crippen LogP contribution in [0.5, 0.6) is 6.01 Å². The third-order valence-corrected chi connectivity index (χ3v) is 1.60. The molecule has 0 spiro atoms. The molecule has 0 saturated heterocycles. The van der Waals surface area contributed by atoms with Gasteiger partial charge in [0.25, 0.3) is 5.91 Å². The quantitative estimate of drug-likeness (QED) is 0.417. The lowest BCUT2D eigenvalue weighted by Gasteiger charge is -2.18. The normalized spacial score (nSPS) is 15.2. The van der Waals surface area contributed by atoms with Gasteiger partial charge in [0.15, 0.2) is 0 Å². The van der Waals surface area contributed by atoms with Crippen LogP contribution in [0.4, 0.5) is 0 Å². The molecule has 2 rings (SSSR count). The molecular formula is C6H6N6O5. The molecule has 4 N–H and O–H groups in total. The van der Waals surface area contributed by atoms with Crippen LogP contribution in [0, 0.1) is 0 Å². The third-order valence-electron chi connectivity index (χ3n) is 1.60. The molecular weight excluding hydrogens is 236 g/mol. The molecule has 0 aliphatic carbocycles. The molecule has 1 aromatic rings. The van der Waals surface area contributed by atoms with Gasteiger partial charge in [-0.3, -0.25) is 20.0 Å². The first-order valence-electron chi connectivity index (χ1n) is 4.27. The van der Waals surface area contributed by atoms with Crippen LogP contribution in [0.15, 0.2) is 14.7 Å². The molecule has 0 aromatic carbocycles. The van der Waals surface area contributed by atoms with Crippen molar-refractivity contribution in [1.29, 1.82) is 0 Å². The molecule has 17 heavy (non-hydrogen) atoms. The summed E-state index contributed by atoms with van der Waals surface area (Å²) < 4.78 is 4.86. The molecule has 0 radical (unpaired) electrons. The van der Waals surface area contributed by atoms with E-state index in [1.165, 1.54) is 0 Å². The van der Waals surface area contributed by atoms with Crippen molar-refractivity contribution in [3.8, 4) is 6.01 Å². The molecule has 90 valence electrons. The smallest absolute Gasteiger partial charge is 0.353 e. The van der Waals surface area contributed by atoms with E-state index < -0.39 is 23.3 Å². The molecule has 1 aliphatic heterocycles. The van der Waals surface area contributed by atoms with Gasteiger partial charge in [-0.15, -0.1) is 4.98 Å². The lowest BCUT2D eigenvalue weighted by atomic mass is 10.4. The van der Waals surface area contributed by atoms with Crippen molar-refractivity contribution in [2.45, 2.75) is 6.42 Å². The number of hydrazone groups is 1. The first-order chi connectivity index (χ1) is 8.02. The summed E-state index contributed by atoms with van der Waals surface area (Å²) in [6.45, 7) is 0. The number of carbonyl (C=O) groups is 1. The second-order valence-corrected chi connectivity index (χ2v) is 2.90. The maximum Gasteiger partial charge on any atom is 0.353 e. The minimum atomic E-state index is -0.912. The fraction of sp³-hybridized carbons (Fsp3) is 0.167. The number of hydrazine groups is 1. The fourth-order valence-electron chi connectivity index (χ4n) is 1.04. The van der Waals surface area contributed by atoms with Crippen molar-refractivity contribution in [3.63, 3.8) is 0 Å². The van der Waals surface area contributed by atoms with Gasteiger partial charge in [0.2, 0.25) is 5.90 Å². The van der Waals surface area contributed by atoms with Crippen molar-refractivity contribution < 1.29 is 14.7 Å². The molecule has 0 atom stereocenters. The van der Waals surface area contributed by atoms with E-state index in [0.29, 0.717) is 0 Å². The van der Waals surface area contributed by atoms with Crippen molar-refractivity contribution in [3.05, 3.63) is 21.0 Å². The number of H-pyrrole nitrogens is 2. The topological polar surface area (TPSA) is 153 Å². The van der Waals surface area contributed by atoms with Crippen LogP contribution in [-0.2, 0) is 4.79 Å². The van der Waals surface area contributed by atoms with Crippen LogP contribution in [0.3, 0.4) is 0 Å². The van der Waals surface area contributed by atoms with Crippen LogP contribution in [0.25, 0.3) is 0 Å². The molecule has 0 unspecified atom stereocenters. The Bertz CT molecular complexity index is 559. The van der Waals surface area contributed by atoms with Crippen LogP contribution in [0.2, 0.25) is 0 Å². The van der Waals surface area contributed by atoms with Gasteiger partial charge in [-0.2, -0.15) is 0 Å². The SMILES string of the molecule is O=C1CC(Oc2nc(=O)[nH]c(=O)[nH]2)=NN(O)N1. The molecule has 11 nitrogen and oxygen atoms in total. The summed E-state index contributed by atoms with van der Waals surface area (Å²) >= 11 is 0. The van der Waals surface area contributed by atoms with E-state index in [1.54, 1.807) is 0 Å². The summed E-state index contributed by atoms with van der Waals surface area (Å²) in [7, 11) is 0. The number of aromatic amines is 2. The van der Waals surface area contributed by atoms with Crippen LogP contribution < -0.4 is 21.5 Å². The van der Waals surface area contributed by atoms with E-state index in [0.717, 1.165) is 0 Å². The van der Waals surface area contributed by atoms with Gasteiger partial charge in [0.05, 0.1) is 0 Å². The zero-order valence-corrected chi connectivity index (χ0v) is 8.13. The van der Waals surface area contributed by atoms with Gasteiger partial charge in [-0.1, -0.05) is 10.4 Å². The van der Waals surface area contributed by atoms with E-state index in [4.69, 9.17) is 9.94 Å². The predicted octanol–water partition coefficient (Wildman–Crippen LogP) is -2.72. The number of aromatic nitrogens is 3. The zero-order chi connectivity index (χ0) is 12.4. The van der Waals surface area contributed by atoms with E-state index in [1.807, 2.05) is 10.4 Å². The summed E-state index contributed by atoms with van der Waals surface area (Å²) in [5.74, 6) is -0.810. The Hall–Kier alpha value is -2.69. The first kappa shape index (κ1) is 10.8. The average Bonchev–Trinajstić information content (AvgIpc) is 2.13. The highest BCUT2D eigenvalue weighted by Gasteiger charge is 2.19. The van der Waals surface area contributed by atoms with Gasteiger partial charge in [0, 0.05) is 0 Å². The van der Waals surface area contributed by atoms with Crippen molar-refractivity contribution in [1.82, 2.24) is 25.7 Å². The number of amides is 1. The molecule has 0 bridgehead atoms. The summed E-state index contributed by atoms with van der Waals surface area (Å²) in [6, 6.07) is -0.430. The second kappa shape index (κ2) is 4.05. The number of ether oxygens (including phenoxy) is 1. The van der Waals surface area contributed by atoms with Gasteiger partial charge in [-0.25, -0.2) is 15.0 Å². The second-order valence-electron chi connectivity index (χ2n) is 2.90. The van der Waals surface area contributed by atoms with E-state index in [9.17, 15) is 14.4 Å². The number of carbonyl (C=O) groups excluding carboxylic acids is 1. The van der Waals surface area contributed by atoms with Gasteiger partial charge in [-0.05, 0) is 0 Å². The van der Waals surface area contributed by atoms with Gasteiger partial charge < -0.3 is 4.74 Å². The summed E-state index contributed by atoms with van der Waals surface area (Å²) in [4.78, 5) is 39.9. The highest BCUT2D eigenvalue weighted by atomic mass is 16.6. The molecule has 0 fully saturated rings. The zero-order valence-electron chi connectivity index (χ0n) is 8.13. The van der Waals surface area contributed by atoms with Crippen molar-refractivity contribution in [2.75, 3.05) is 0 Å². The summed E-state index contributed by atoms with van der Waals surface area (Å²) in [5.41, 5.74) is 0.210. The lowest BCUT2D eigenvalue weighted by Crippen LogP contribution is -2.43. The Morgan fingerprint density at radius 3 is 2.71 bits per heavy atom.